The van der Waals surface area contributed by atoms with E-state index in [2.05, 4.69) is 30.4 Å². The van der Waals surface area contributed by atoms with Gasteiger partial charge >= 0.3 is 0 Å². The van der Waals surface area contributed by atoms with Gasteiger partial charge in [0.05, 0.1) is 47.5 Å². The SMILES string of the molecule is COc1cc(N(C)CCN(C)C)c(NC(=O)C(C)C)cc1Nc1nccc(-c2[nH]c(CCCO)nc2-c2ccc3ccoc3c2)n1. The molecule has 0 aliphatic carbocycles. The van der Waals surface area contributed by atoms with E-state index in [1.54, 1.807) is 19.6 Å². The number of aliphatic hydroxyl groups is 1. The monoisotopic (exact) mass is 626 g/mol. The predicted octanol–water partition coefficient (Wildman–Crippen LogP) is 5.55. The van der Waals surface area contributed by atoms with Gasteiger partial charge in [-0.1, -0.05) is 26.0 Å². The number of amides is 1. The van der Waals surface area contributed by atoms with Gasteiger partial charge in [-0.15, -0.1) is 0 Å². The summed E-state index contributed by atoms with van der Waals surface area (Å²) in [5.74, 6) is 1.37. The number of nitrogens with zero attached hydrogens (tertiary/aromatic N) is 5. The lowest BCUT2D eigenvalue weighted by atomic mass is 10.1. The fourth-order valence-electron chi connectivity index (χ4n) is 4.96. The Bertz CT molecular complexity index is 1800. The summed E-state index contributed by atoms with van der Waals surface area (Å²) in [5.41, 5.74) is 5.78. The summed E-state index contributed by atoms with van der Waals surface area (Å²) in [7, 11) is 7.64. The molecule has 3 heterocycles. The molecule has 0 radical (unpaired) electrons. The minimum Gasteiger partial charge on any atom is -0.494 e. The molecule has 4 N–H and O–H groups in total. The minimum atomic E-state index is -0.196. The number of fused-ring (bicyclic) bond motifs is 1. The quantitative estimate of drug-likeness (QED) is 0.124. The highest BCUT2D eigenvalue weighted by Gasteiger charge is 2.20. The molecule has 5 aromatic rings. The fraction of sp³-hybridized carbons (Fsp3) is 0.353. The van der Waals surface area contributed by atoms with E-state index in [1.165, 1.54) is 0 Å². The maximum absolute atomic E-state index is 12.8. The Kier molecular flexibility index (Phi) is 10.2. The van der Waals surface area contributed by atoms with Crippen LogP contribution in [0.25, 0.3) is 33.6 Å². The van der Waals surface area contributed by atoms with E-state index in [1.807, 2.05) is 77.5 Å². The first kappa shape index (κ1) is 32.5. The van der Waals surface area contributed by atoms with E-state index in [4.69, 9.17) is 19.1 Å². The number of rotatable bonds is 14. The smallest absolute Gasteiger partial charge is 0.227 e. The molecule has 0 fully saturated rings. The average Bonchev–Trinajstić information content (AvgIpc) is 3.70. The van der Waals surface area contributed by atoms with E-state index < -0.39 is 0 Å². The molecule has 3 aromatic heterocycles. The van der Waals surface area contributed by atoms with Gasteiger partial charge in [-0.05, 0) is 44.8 Å². The van der Waals surface area contributed by atoms with Crippen molar-refractivity contribution in [1.29, 1.82) is 0 Å². The maximum atomic E-state index is 12.8. The molecule has 0 bridgehead atoms. The Morgan fingerprint density at radius 2 is 1.89 bits per heavy atom. The molecule has 0 saturated carbocycles. The van der Waals surface area contributed by atoms with Gasteiger partial charge in [0.2, 0.25) is 11.9 Å². The fourth-order valence-corrected chi connectivity index (χ4v) is 4.96. The van der Waals surface area contributed by atoms with Gasteiger partial charge in [-0.3, -0.25) is 4.79 Å². The van der Waals surface area contributed by atoms with E-state index in [0.29, 0.717) is 41.6 Å². The lowest BCUT2D eigenvalue weighted by Crippen LogP contribution is -2.29. The van der Waals surface area contributed by atoms with Crippen molar-refractivity contribution in [2.45, 2.75) is 26.7 Å². The first-order valence-corrected chi connectivity index (χ1v) is 15.3. The number of methoxy groups -OCH3 is 1. The second kappa shape index (κ2) is 14.4. The summed E-state index contributed by atoms with van der Waals surface area (Å²) >= 11 is 0. The number of hydrogen-bond acceptors (Lipinski definition) is 10. The lowest BCUT2D eigenvalue weighted by molar-refractivity contribution is -0.118. The Hall–Kier alpha value is -4.94. The van der Waals surface area contributed by atoms with Gasteiger partial charge in [0, 0.05) is 62.3 Å². The van der Waals surface area contributed by atoms with Crippen LogP contribution in [0.5, 0.6) is 5.75 Å². The zero-order valence-corrected chi connectivity index (χ0v) is 27.2. The topological polar surface area (TPSA) is 145 Å². The number of imidazole rings is 1. The summed E-state index contributed by atoms with van der Waals surface area (Å²) < 4.78 is 11.4. The van der Waals surface area contributed by atoms with Crippen LogP contribution in [0.4, 0.5) is 23.0 Å². The Morgan fingerprint density at radius 3 is 2.63 bits per heavy atom. The van der Waals surface area contributed by atoms with Crippen LogP contribution in [0.2, 0.25) is 0 Å². The number of anilines is 4. The predicted molar refractivity (Wildman–Crippen MR) is 182 cm³/mol. The first-order chi connectivity index (χ1) is 22.2. The van der Waals surface area contributed by atoms with E-state index in [0.717, 1.165) is 52.5 Å². The van der Waals surface area contributed by atoms with Crippen molar-refractivity contribution in [1.82, 2.24) is 24.8 Å². The maximum Gasteiger partial charge on any atom is 0.227 e. The van der Waals surface area contributed by atoms with Crippen LogP contribution in [0.3, 0.4) is 0 Å². The highest BCUT2D eigenvalue weighted by molar-refractivity contribution is 5.97. The summed E-state index contributed by atoms with van der Waals surface area (Å²) in [6.07, 6.45) is 4.50. The van der Waals surface area contributed by atoms with Crippen molar-refractivity contribution in [3.8, 4) is 28.4 Å². The van der Waals surface area contributed by atoms with E-state index in [-0.39, 0.29) is 18.4 Å². The molecule has 5 rings (SSSR count). The Balaban J connectivity index is 1.52. The summed E-state index contributed by atoms with van der Waals surface area (Å²) in [6.45, 7) is 5.37. The molecule has 1 amide bonds. The number of carbonyl (C=O) groups excluding carboxylic acids is 1. The summed E-state index contributed by atoms with van der Waals surface area (Å²) in [5, 5.41) is 16.8. The van der Waals surface area contributed by atoms with Gasteiger partial charge in [0.25, 0.3) is 0 Å². The van der Waals surface area contributed by atoms with Crippen molar-refractivity contribution >= 4 is 39.9 Å². The molecular formula is C34H42N8O4. The first-order valence-electron chi connectivity index (χ1n) is 15.3. The number of carbonyl (C=O) groups is 1. The second-order valence-electron chi connectivity index (χ2n) is 11.7. The van der Waals surface area contributed by atoms with Crippen molar-refractivity contribution in [2.24, 2.45) is 5.92 Å². The lowest BCUT2D eigenvalue weighted by Gasteiger charge is -2.26. The standard InChI is InChI=1S/C34H42N8O4/c1-21(2)33(44)36-25-19-26(29(45-6)20-27(25)42(5)15-14-41(3)4)38-34-35-13-11-24(37-34)32-31(39-30(40-32)8-7-16-43)23-10-9-22-12-17-46-28(22)18-23/h9-13,17-21,43H,7-8,14-16H2,1-6H3,(H,36,44)(H,39,40)(H,35,37,38). The third-order valence-corrected chi connectivity index (χ3v) is 7.61. The number of likely N-dealkylation sites (N-methyl/N-ethyl adjacent to an activating group) is 2. The highest BCUT2D eigenvalue weighted by Crippen LogP contribution is 2.38. The molecule has 242 valence electrons. The number of aromatic amines is 1. The van der Waals surface area contributed by atoms with Crippen molar-refractivity contribution < 1.29 is 19.1 Å². The average molecular weight is 627 g/mol. The Labute approximate surface area is 268 Å². The number of nitrogens with one attached hydrogen (secondary N) is 3. The number of ether oxygens (including phenoxy) is 1. The molecule has 46 heavy (non-hydrogen) atoms. The molecule has 0 atom stereocenters. The van der Waals surface area contributed by atoms with E-state index >= 15 is 0 Å². The van der Waals surface area contributed by atoms with Crippen LogP contribution in [0.15, 0.2) is 59.3 Å². The normalized spacial score (nSPS) is 11.4. The third kappa shape index (κ3) is 7.47. The van der Waals surface area contributed by atoms with Gasteiger partial charge in [-0.2, -0.15) is 0 Å². The van der Waals surface area contributed by atoms with E-state index in [9.17, 15) is 9.90 Å². The molecule has 0 aliphatic heterocycles. The number of hydrogen-bond donors (Lipinski definition) is 4. The zero-order chi connectivity index (χ0) is 32.8. The van der Waals surface area contributed by atoms with Crippen LogP contribution in [0, 0.1) is 5.92 Å². The summed E-state index contributed by atoms with van der Waals surface area (Å²) in [6, 6.07) is 13.5. The molecular weight excluding hydrogens is 584 g/mol. The van der Waals surface area contributed by atoms with Gasteiger partial charge < -0.3 is 39.7 Å². The molecule has 0 unspecified atom stereocenters. The number of aliphatic hydroxyl groups excluding tert-OH is 1. The van der Waals surface area contributed by atoms with Gasteiger partial charge in [0.1, 0.15) is 17.2 Å². The van der Waals surface area contributed by atoms with Crippen LogP contribution in [0.1, 0.15) is 26.1 Å². The third-order valence-electron chi connectivity index (χ3n) is 7.61. The second-order valence-corrected chi connectivity index (χ2v) is 11.7. The summed E-state index contributed by atoms with van der Waals surface area (Å²) in [4.78, 5) is 34.6. The molecule has 0 spiro atoms. The van der Waals surface area contributed by atoms with Crippen molar-refractivity contribution in [2.75, 3.05) is 63.5 Å². The van der Waals surface area contributed by atoms with Gasteiger partial charge in [0.15, 0.2) is 0 Å². The minimum absolute atomic E-state index is 0.0664. The molecule has 12 nitrogen and oxygen atoms in total. The number of furan rings is 1. The highest BCUT2D eigenvalue weighted by atomic mass is 16.5. The largest absolute Gasteiger partial charge is 0.494 e. The van der Waals surface area contributed by atoms with Crippen LogP contribution >= 0.6 is 0 Å². The van der Waals surface area contributed by atoms with Crippen molar-refractivity contribution in [3.05, 3.63) is 60.7 Å². The van der Waals surface area contributed by atoms with Gasteiger partial charge in [-0.25, -0.2) is 15.0 Å². The molecule has 0 aliphatic rings. The molecule has 2 aromatic carbocycles. The van der Waals surface area contributed by atoms with Crippen LogP contribution in [-0.2, 0) is 11.2 Å². The zero-order valence-electron chi connectivity index (χ0n) is 27.2. The van der Waals surface area contributed by atoms with Crippen molar-refractivity contribution in [3.63, 3.8) is 0 Å². The van der Waals surface area contributed by atoms with Crippen LogP contribution < -0.4 is 20.3 Å². The number of aryl methyl sites for hydroxylation is 1. The molecule has 0 saturated heterocycles. The number of H-pyrrole nitrogens is 1. The molecule has 12 heteroatoms. The Morgan fingerprint density at radius 1 is 1.07 bits per heavy atom. The van der Waals surface area contributed by atoms with Crippen LogP contribution in [-0.4, -0.2) is 83.8 Å². The number of aromatic nitrogens is 4. The number of benzene rings is 2.